The predicted octanol–water partition coefficient (Wildman–Crippen LogP) is 4.91. The van der Waals surface area contributed by atoms with Gasteiger partial charge in [-0.3, -0.25) is 0 Å². The van der Waals surface area contributed by atoms with Gasteiger partial charge < -0.3 is 14.5 Å². The summed E-state index contributed by atoms with van der Waals surface area (Å²) < 4.78 is 5.24. The third-order valence-corrected chi connectivity index (χ3v) is 5.39. The van der Waals surface area contributed by atoms with Crippen LogP contribution in [0.4, 0.5) is 11.4 Å². The van der Waals surface area contributed by atoms with Crippen LogP contribution in [0.1, 0.15) is 27.7 Å². The number of hydrogen-bond donors (Lipinski definition) is 0. The van der Waals surface area contributed by atoms with Crippen molar-refractivity contribution in [1.82, 2.24) is 15.2 Å². The second-order valence-corrected chi connectivity index (χ2v) is 6.93. The van der Waals surface area contributed by atoms with Crippen molar-refractivity contribution in [3.05, 3.63) is 48.5 Å². The molecule has 30 heavy (non-hydrogen) atoms. The van der Waals surface area contributed by atoms with Crippen LogP contribution in [-0.2, 0) is 0 Å². The minimum absolute atomic E-state index is 0.265. The average Bonchev–Trinajstić information content (AvgIpc) is 2.81. The Morgan fingerprint density at radius 2 is 1.07 bits per heavy atom. The molecule has 0 aliphatic carbocycles. The predicted molar refractivity (Wildman–Crippen MR) is 124 cm³/mol. The quantitative estimate of drug-likeness (QED) is 0.504. The maximum absolute atomic E-state index is 5.24. The molecule has 1 heterocycles. The smallest absolute Gasteiger partial charge is 0.336 e. The van der Waals surface area contributed by atoms with E-state index < -0.39 is 0 Å². The summed E-state index contributed by atoms with van der Waals surface area (Å²) in [7, 11) is 1.56. The number of rotatable bonds is 9. The summed E-state index contributed by atoms with van der Waals surface area (Å²) in [5.74, 6) is 0. The van der Waals surface area contributed by atoms with E-state index in [1.807, 2.05) is 0 Å². The molecule has 0 amide bonds. The molecule has 0 unspecified atom stereocenters. The van der Waals surface area contributed by atoms with Gasteiger partial charge >= 0.3 is 6.01 Å². The number of hydrogen-bond acceptors (Lipinski definition) is 6. The molecule has 0 bridgehead atoms. The van der Waals surface area contributed by atoms with Crippen LogP contribution in [-0.4, -0.2) is 48.5 Å². The van der Waals surface area contributed by atoms with E-state index in [0.29, 0.717) is 0 Å². The van der Waals surface area contributed by atoms with Crippen LogP contribution in [0, 0.1) is 0 Å². The van der Waals surface area contributed by atoms with Gasteiger partial charge in [-0.25, -0.2) is 0 Å². The van der Waals surface area contributed by atoms with Crippen molar-refractivity contribution >= 4 is 11.4 Å². The lowest BCUT2D eigenvalue weighted by Gasteiger charge is -2.21. The molecule has 0 aliphatic rings. The maximum atomic E-state index is 5.24. The second-order valence-electron chi connectivity index (χ2n) is 6.93. The Morgan fingerprint density at radius 3 is 1.47 bits per heavy atom. The molecule has 0 atom stereocenters. The number of aromatic nitrogens is 3. The van der Waals surface area contributed by atoms with Gasteiger partial charge in [-0.1, -0.05) is 29.4 Å². The van der Waals surface area contributed by atoms with Crippen molar-refractivity contribution in [3.8, 4) is 28.5 Å². The summed E-state index contributed by atoms with van der Waals surface area (Å²) in [4.78, 5) is 9.25. The molecule has 0 spiro atoms. The van der Waals surface area contributed by atoms with Crippen LogP contribution in [0.3, 0.4) is 0 Å². The highest BCUT2D eigenvalue weighted by Crippen LogP contribution is 2.31. The highest BCUT2D eigenvalue weighted by atomic mass is 16.5. The fourth-order valence-corrected chi connectivity index (χ4v) is 3.63. The Kier molecular flexibility index (Phi) is 7.22. The Balaban J connectivity index is 2.01. The van der Waals surface area contributed by atoms with Crippen LogP contribution in [0.2, 0.25) is 0 Å². The molecule has 0 fully saturated rings. The van der Waals surface area contributed by atoms with Crippen LogP contribution >= 0.6 is 0 Å². The molecule has 0 radical (unpaired) electrons. The maximum Gasteiger partial charge on any atom is 0.336 e. The third-order valence-electron chi connectivity index (χ3n) is 5.39. The van der Waals surface area contributed by atoms with E-state index in [1.54, 1.807) is 7.11 Å². The van der Waals surface area contributed by atoms with E-state index in [2.05, 4.69) is 101 Å². The normalized spacial score (nSPS) is 10.7. The van der Waals surface area contributed by atoms with Crippen molar-refractivity contribution in [1.29, 1.82) is 0 Å². The average molecular weight is 406 g/mol. The van der Waals surface area contributed by atoms with Crippen molar-refractivity contribution in [2.45, 2.75) is 27.7 Å². The highest BCUT2D eigenvalue weighted by Gasteiger charge is 2.15. The SMILES string of the molecule is CCN(CC)c1ccc(-c2nnc(OC)nc2-c2ccc(N(CC)CC)cc2)cc1. The van der Waals surface area contributed by atoms with Crippen molar-refractivity contribution in [2.24, 2.45) is 0 Å². The Hall–Kier alpha value is -3.15. The summed E-state index contributed by atoms with van der Waals surface area (Å²) in [6, 6.07) is 17.1. The first kappa shape index (κ1) is 21.6. The summed E-state index contributed by atoms with van der Waals surface area (Å²) in [6.07, 6.45) is 0. The molecular weight excluding hydrogens is 374 g/mol. The molecule has 1 aromatic heterocycles. The van der Waals surface area contributed by atoms with Gasteiger partial charge in [-0.2, -0.15) is 4.98 Å². The largest absolute Gasteiger partial charge is 0.466 e. The van der Waals surface area contributed by atoms with Gasteiger partial charge in [0.1, 0.15) is 11.4 Å². The number of methoxy groups -OCH3 is 1. The second kappa shape index (κ2) is 10.1. The fourth-order valence-electron chi connectivity index (χ4n) is 3.63. The molecule has 6 heteroatoms. The minimum atomic E-state index is 0.265. The Morgan fingerprint density at radius 1 is 0.633 bits per heavy atom. The standard InChI is InChI=1S/C24H31N5O/c1-6-28(7-2)20-14-10-18(11-15-20)22-23(26-27-24(25-22)30-5)19-12-16-21(17-13-19)29(8-3)9-4/h10-17H,6-9H2,1-5H3. The molecule has 0 saturated carbocycles. The molecule has 3 rings (SSSR count). The van der Waals surface area contributed by atoms with Crippen molar-refractivity contribution in [3.63, 3.8) is 0 Å². The molecule has 0 N–H and O–H groups in total. The first-order valence-corrected chi connectivity index (χ1v) is 10.6. The molecule has 3 aromatic rings. The van der Waals surface area contributed by atoms with Gasteiger partial charge in [0.2, 0.25) is 0 Å². The topological polar surface area (TPSA) is 54.4 Å². The number of benzene rings is 2. The van der Waals surface area contributed by atoms with E-state index in [-0.39, 0.29) is 6.01 Å². The molecule has 0 aliphatic heterocycles. The number of ether oxygens (including phenoxy) is 1. The molecule has 158 valence electrons. The zero-order valence-electron chi connectivity index (χ0n) is 18.6. The summed E-state index contributed by atoms with van der Waals surface area (Å²) >= 11 is 0. The van der Waals surface area contributed by atoms with E-state index in [4.69, 9.17) is 4.74 Å². The van der Waals surface area contributed by atoms with E-state index in [1.165, 1.54) is 11.4 Å². The van der Waals surface area contributed by atoms with Gasteiger partial charge in [0.25, 0.3) is 0 Å². The Labute approximate surface area is 179 Å². The minimum Gasteiger partial charge on any atom is -0.466 e. The summed E-state index contributed by atoms with van der Waals surface area (Å²) in [5, 5.41) is 8.56. The fraction of sp³-hybridized carbons (Fsp3) is 0.375. The molecule has 6 nitrogen and oxygen atoms in total. The lowest BCUT2D eigenvalue weighted by molar-refractivity contribution is 0.374. The van der Waals surface area contributed by atoms with Crippen molar-refractivity contribution < 1.29 is 4.74 Å². The van der Waals surface area contributed by atoms with E-state index >= 15 is 0 Å². The van der Waals surface area contributed by atoms with Gasteiger partial charge in [-0.15, -0.1) is 5.10 Å². The van der Waals surface area contributed by atoms with Gasteiger partial charge in [-0.05, 0) is 52.0 Å². The summed E-state index contributed by atoms with van der Waals surface area (Å²) in [5.41, 5.74) is 5.88. The van der Waals surface area contributed by atoms with Crippen LogP contribution in [0.15, 0.2) is 48.5 Å². The monoisotopic (exact) mass is 405 g/mol. The number of anilines is 2. The van der Waals surface area contributed by atoms with Crippen LogP contribution < -0.4 is 14.5 Å². The number of nitrogens with zero attached hydrogens (tertiary/aromatic N) is 5. The van der Waals surface area contributed by atoms with Crippen molar-refractivity contribution in [2.75, 3.05) is 43.1 Å². The van der Waals surface area contributed by atoms with Gasteiger partial charge in [0, 0.05) is 48.7 Å². The highest BCUT2D eigenvalue weighted by molar-refractivity contribution is 5.79. The first-order chi connectivity index (χ1) is 14.6. The first-order valence-electron chi connectivity index (χ1n) is 10.6. The van der Waals surface area contributed by atoms with Crippen LogP contribution in [0.25, 0.3) is 22.5 Å². The molecule has 0 saturated heterocycles. The lowest BCUT2D eigenvalue weighted by Crippen LogP contribution is -2.21. The Bertz CT molecular complexity index is 933. The summed E-state index contributed by atoms with van der Waals surface area (Å²) in [6.45, 7) is 12.6. The lowest BCUT2D eigenvalue weighted by atomic mass is 10.0. The third kappa shape index (κ3) is 4.53. The van der Waals surface area contributed by atoms with E-state index in [9.17, 15) is 0 Å². The molecule has 2 aromatic carbocycles. The van der Waals surface area contributed by atoms with Gasteiger partial charge in [0.15, 0.2) is 0 Å². The molecular formula is C24H31N5O. The van der Waals surface area contributed by atoms with Gasteiger partial charge in [0.05, 0.1) is 7.11 Å². The zero-order valence-corrected chi connectivity index (χ0v) is 18.6. The van der Waals surface area contributed by atoms with Crippen LogP contribution in [0.5, 0.6) is 6.01 Å². The van der Waals surface area contributed by atoms with E-state index in [0.717, 1.165) is 48.7 Å². The zero-order chi connectivity index (χ0) is 21.5.